The molecule has 0 spiro atoms. The van der Waals surface area contributed by atoms with Crippen LogP contribution in [0.3, 0.4) is 0 Å². The molecule has 1 atom stereocenters. The quantitative estimate of drug-likeness (QED) is 0.128. The summed E-state index contributed by atoms with van der Waals surface area (Å²) in [6.07, 6.45) is 11.6. The van der Waals surface area contributed by atoms with Gasteiger partial charge in [0.15, 0.2) is 0 Å². The van der Waals surface area contributed by atoms with Crippen LogP contribution >= 0.6 is 11.6 Å². The van der Waals surface area contributed by atoms with Crippen molar-refractivity contribution in [2.45, 2.75) is 61.4 Å². The maximum absolute atomic E-state index is 8.38. The van der Waals surface area contributed by atoms with Crippen molar-refractivity contribution in [2.24, 2.45) is 0 Å². The van der Waals surface area contributed by atoms with Crippen LogP contribution in [0.4, 0.5) is 5.82 Å². The zero-order valence-corrected chi connectivity index (χ0v) is 26.3. The Bertz CT molecular complexity index is 811. The summed E-state index contributed by atoms with van der Waals surface area (Å²) in [5, 5.41) is 24.5. The molecule has 1 aromatic heterocycles. The van der Waals surface area contributed by atoms with E-state index in [4.69, 9.17) is 16.7 Å². The lowest BCUT2D eigenvalue weighted by molar-refractivity contribution is 0.266. The molecule has 38 heavy (non-hydrogen) atoms. The van der Waals surface area contributed by atoms with E-state index in [0.717, 1.165) is 42.4 Å². The fourth-order valence-electron chi connectivity index (χ4n) is 2.40. The molecule has 1 heterocycles. The van der Waals surface area contributed by atoms with Gasteiger partial charge in [0.05, 0.1) is 24.2 Å². The van der Waals surface area contributed by atoms with Crippen molar-refractivity contribution < 1.29 is 5.11 Å². The number of pyridine rings is 1. The van der Waals surface area contributed by atoms with Gasteiger partial charge < -0.3 is 26.4 Å². The molecule has 0 aliphatic carbocycles. The van der Waals surface area contributed by atoms with Gasteiger partial charge in [-0.1, -0.05) is 68.8 Å². The Morgan fingerprint density at radius 2 is 1.74 bits per heavy atom. The van der Waals surface area contributed by atoms with E-state index in [0.29, 0.717) is 5.03 Å². The number of allylic oxidation sites excluding steroid dienone is 6. The fraction of sp³-hybridized carbons (Fsp3) is 0.500. The van der Waals surface area contributed by atoms with Gasteiger partial charge in [0.2, 0.25) is 0 Å². The summed E-state index contributed by atoms with van der Waals surface area (Å²) in [5.41, 5.74) is 4.01. The molecular formula is C30H55ClN6O. The molecule has 1 unspecified atom stereocenters. The smallest absolute Gasteiger partial charge is 0.125 e. The van der Waals surface area contributed by atoms with Gasteiger partial charge >= 0.3 is 0 Å². The molecule has 0 amide bonds. The second-order valence-electron chi connectivity index (χ2n) is 7.77. The molecule has 0 aromatic carbocycles. The van der Waals surface area contributed by atoms with Crippen molar-refractivity contribution in [3.63, 3.8) is 0 Å². The van der Waals surface area contributed by atoms with E-state index in [1.54, 1.807) is 0 Å². The van der Waals surface area contributed by atoms with E-state index >= 15 is 0 Å². The number of aliphatic hydroxyl groups is 1. The third kappa shape index (κ3) is 23.8. The van der Waals surface area contributed by atoms with E-state index < -0.39 is 0 Å². The molecule has 8 heteroatoms. The van der Waals surface area contributed by atoms with Crippen molar-refractivity contribution >= 4 is 17.4 Å². The van der Waals surface area contributed by atoms with E-state index in [-0.39, 0.29) is 12.8 Å². The number of hydrogen-bond acceptors (Lipinski definition) is 7. The van der Waals surface area contributed by atoms with Crippen LogP contribution in [0.5, 0.6) is 0 Å². The second-order valence-corrected chi connectivity index (χ2v) is 8.36. The molecule has 0 bridgehead atoms. The molecule has 0 aliphatic rings. The van der Waals surface area contributed by atoms with Gasteiger partial charge in [0.1, 0.15) is 5.82 Å². The van der Waals surface area contributed by atoms with E-state index in [1.165, 1.54) is 5.57 Å². The zero-order valence-electron chi connectivity index (χ0n) is 25.5. The second kappa shape index (κ2) is 29.0. The minimum Gasteiger partial charge on any atom is -0.387 e. The summed E-state index contributed by atoms with van der Waals surface area (Å²) in [4.78, 5) is 4.39. The Balaban J connectivity index is -0.000000634. The molecule has 7 nitrogen and oxygen atoms in total. The number of nitrogens with one attached hydrogen (secondary N) is 5. The minimum atomic E-state index is 0.0427. The van der Waals surface area contributed by atoms with E-state index in [9.17, 15) is 0 Å². The summed E-state index contributed by atoms with van der Waals surface area (Å²) >= 11 is 5.89. The number of likely N-dealkylation sites (N-methyl/N-ethyl adjacent to an activating group) is 1. The predicted molar refractivity (Wildman–Crippen MR) is 170 cm³/mol. The van der Waals surface area contributed by atoms with Gasteiger partial charge in [0.25, 0.3) is 0 Å². The number of anilines is 1. The molecule has 6 N–H and O–H groups in total. The molecule has 218 valence electrons. The summed E-state index contributed by atoms with van der Waals surface area (Å²) in [5.74, 6) is 0.884. The van der Waals surface area contributed by atoms with Crippen molar-refractivity contribution in [2.75, 3.05) is 45.8 Å². The minimum absolute atomic E-state index is 0.0427. The Kier molecular flexibility index (Phi) is 30.5. The van der Waals surface area contributed by atoms with Crippen LogP contribution in [0, 0.1) is 0 Å². The summed E-state index contributed by atoms with van der Waals surface area (Å²) < 4.78 is 0. The van der Waals surface area contributed by atoms with Crippen molar-refractivity contribution in [3.8, 4) is 0 Å². The summed E-state index contributed by atoms with van der Waals surface area (Å²) in [7, 11) is 3.77. The monoisotopic (exact) mass is 550 g/mol. The highest BCUT2D eigenvalue weighted by Crippen LogP contribution is 2.17. The highest BCUT2D eigenvalue weighted by molar-refractivity contribution is 6.29. The topological polar surface area (TPSA) is 93.3 Å². The lowest BCUT2D eigenvalue weighted by atomic mass is 10.1. The first-order chi connectivity index (χ1) is 18.2. The van der Waals surface area contributed by atoms with Gasteiger partial charge in [-0.25, -0.2) is 4.98 Å². The Hall–Kier alpha value is -2.58. The third-order valence-corrected chi connectivity index (χ3v) is 4.69. The number of nitrogens with zero attached hydrogens (tertiary/aromatic N) is 1. The number of hydrogen-bond donors (Lipinski definition) is 6. The molecule has 0 aliphatic heterocycles. The number of aliphatic hydroxyl groups excluding tert-OH is 1. The average Bonchev–Trinajstić information content (AvgIpc) is 2.94. The largest absolute Gasteiger partial charge is 0.387 e. The van der Waals surface area contributed by atoms with Crippen molar-refractivity contribution in [3.05, 3.63) is 82.9 Å². The maximum Gasteiger partial charge on any atom is 0.125 e. The molecule has 0 saturated heterocycles. The van der Waals surface area contributed by atoms with Gasteiger partial charge in [-0.15, -0.1) is 0 Å². The van der Waals surface area contributed by atoms with Crippen LogP contribution in [0.2, 0.25) is 0 Å². The van der Waals surface area contributed by atoms with Gasteiger partial charge in [-0.2, -0.15) is 0 Å². The van der Waals surface area contributed by atoms with Crippen LogP contribution < -0.4 is 26.6 Å². The summed E-state index contributed by atoms with van der Waals surface area (Å²) in [6.45, 7) is 22.7. The molecule has 0 fully saturated rings. The normalized spacial score (nSPS) is 12.2. The zero-order chi connectivity index (χ0) is 29.8. The number of halogens is 1. The van der Waals surface area contributed by atoms with Gasteiger partial charge in [-0.05, 0) is 72.0 Å². The Labute approximate surface area is 238 Å². The van der Waals surface area contributed by atoms with Crippen LogP contribution in [0.25, 0.3) is 0 Å². The SMILES string of the molecule is C/C=C\C=C(\C)CNCO.C=C(NC)/C(=C\C=C(/C)Cl)NC(C)c1ccc(NCC)nc1.CC.CCNC. The van der Waals surface area contributed by atoms with Crippen LogP contribution in [-0.4, -0.2) is 50.6 Å². The summed E-state index contributed by atoms with van der Waals surface area (Å²) in [6, 6.07) is 4.14. The first-order valence-electron chi connectivity index (χ1n) is 13.3. The lowest BCUT2D eigenvalue weighted by Crippen LogP contribution is -2.23. The first-order valence-corrected chi connectivity index (χ1v) is 13.7. The van der Waals surface area contributed by atoms with E-state index in [2.05, 4.69) is 58.1 Å². The van der Waals surface area contributed by atoms with Crippen LogP contribution in [0.15, 0.2) is 77.3 Å². The molecule has 1 aromatic rings. The number of aromatic nitrogens is 1. The molecular weight excluding hydrogens is 496 g/mol. The lowest BCUT2D eigenvalue weighted by Gasteiger charge is -2.19. The van der Waals surface area contributed by atoms with Gasteiger partial charge in [0, 0.05) is 31.4 Å². The van der Waals surface area contributed by atoms with Crippen LogP contribution in [-0.2, 0) is 0 Å². The number of rotatable bonds is 13. The highest BCUT2D eigenvalue weighted by atomic mass is 35.5. The average molecular weight is 551 g/mol. The Morgan fingerprint density at radius 1 is 1.11 bits per heavy atom. The van der Waals surface area contributed by atoms with E-state index in [1.807, 2.05) is 98.3 Å². The molecule has 0 saturated carbocycles. The maximum atomic E-state index is 8.38. The molecule has 1 rings (SSSR count). The van der Waals surface area contributed by atoms with Crippen molar-refractivity contribution in [1.29, 1.82) is 0 Å². The van der Waals surface area contributed by atoms with Crippen LogP contribution in [0.1, 0.15) is 67.0 Å². The predicted octanol–water partition coefficient (Wildman–Crippen LogP) is 6.22. The van der Waals surface area contributed by atoms with Gasteiger partial charge in [-0.3, -0.25) is 5.32 Å². The highest BCUT2D eigenvalue weighted by Gasteiger charge is 2.09. The molecule has 0 radical (unpaired) electrons. The third-order valence-electron chi connectivity index (χ3n) is 4.57. The Morgan fingerprint density at radius 3 is 2.16 bits per heavy atom. The standard InChI is InChI=1S/C17H25ClN4.C8H15NO.C3H9N.C2H6/c1-6-20-17-10-8-15(11-21-17)13(3)22-16(14(4)19-5)9-7-12(2)18;1-3-4-5-8(2)6-9-7-10;1-3-4-2;1-2/h7-11,13,19,22H,4,6H2,1-3,5H3,(H,20,21);3-5,9-10H,6-7H2,1-2H3;4H,3H2,1-2H3;1-2H3/b12-7+,16-9+;4-3-,8-5-;;. The fourth-order valence-corrected chi connectivity index (χ4v) is 2.47. The van der Waals surface area contributed by atoms with Crippen molar-refractivity contribution in [1.82, 2.24) is 26.3 Å². The first kappa shape index (κ1) is 39.9.